The van der Waals surface area contributed by atoms with Gasteiger partial charge in [0.25, 0.3) is 0 Å². The summed E-state index contributed by atoms with van der Waals surface area (Å²) in [5.74, 6) is 0. The van der Waals surface area contributed by atoms with E-state index in [1.165, 1.54) is 11.1 Å². The van der Waals surface area contributed by atoms with Gasteiger partial charge in [0.15, 0.2) is 0 Å². The summed E-state index contributed by atoms with van der Waals surface area (Å²) >= 11 is 0. The lowest BCUT2D eigenvalue weighted by Gasteiger charge is -2.00. The van der Waals surface area contributed by atoms with Crippen molar-refractivity contribution in [2.45, 2.75) is 13.3 Å². The van der Waals surface area contributed by atoms with E-state index >= 15 is 0 Å². The summed E-state index contributed by atoms with van der Waals surface area (Å²) in [6, 6.07) is 20.6. The van der Waals surface area contributed by atoms with Gasteiger partial charge in [-0.3, -0.25) is 0 Å². The number of nitrogens with zero attached hydrogens (tertiary/aromatic N) is 2. The molecule has 1 heterocycles. The molecule has 1 aromatic heterocycles. The van der Waals surface area contributed by atoms with E-state index < -0.39 is 0 Å². The minimum Gasteiger partial charge on any atom is -0.240 e. The minimum atomic E-state index is 0.983. The van der Waals surface area contributed by atoms with Crippen molar-refractivity contribution in [3.63, 3.8) is 0 Å². The van der Waals surface area contributed by atoms with Gasteiger partial charge in [-0.05, 0) is 24.1 Å². The van der Waals surface area contributed by atoms with Gasteiger partial charge in [0.2, 0.25) is 0 Å². The van der Waals surface area contributed by atoms with E-state index in [2.05, 4.69) is 49.5 Å². The van der Waals surface area contributed by atoms with Crippen LogP contribution in [0.1, 0.15) is 12.5 Å². The van der Waals surface area contributed by atoms with E-state index in [0.29, 0.717) is 0 Å². The largest absolute Gasteiger partial charge is 0.240 e. The molecule has 0 aliphatic carbocycles. The summed E-state index contributed by atoms with van der Waals surface area (Å²) in [6.07, 6.45) is 3.11. The third kappa shape index (κ3) is 2.29. The van der Waals surface area contributed by atoms with E-state index in [-0.39, 0.29) is 0 Å². The fourth-order valence-electron chi connectivity index (χ4n) is 2.22. The Morgan fingerprint density at radius 2 is 1.53 bits per heavy atom. The number of rotatable bonds is 3. The maximum atomic E-state index is 4.74. The topological polar surface area (TPSA) is 17.8 Å². The predicted molar refractivity (Wildman–Crippen MR) is 78.4 cm³/mol. The van der Waals surface area contributed by atoms with Crippen molar-refractivity contribution in [3.05, 3.63) is 72.4 Å². The zero-order valence-electron chi connectivity index (χ0n) is 11.0. The highest BCUT2D eigenvalue weighted by molar-refractivity contribution is 5.63. The van der Waals surface area contributed by atoms with Crippen molar-refractivity contribution in [1.82, 2.24) is 9.78 Å². The fourth-order valence-corrected chi connectivity index (χ4v) is 2.22. The van der Waals surface area contributed by atoms with E-state index in [4.69, 9.17) is 5.10 Å². The number of hydrogen-bond donors (Lipinski definition) is 0. The quantitative estimate of drug-likeness (QED) is 0.682. The van der Waals surface area contributed by atoms with Gasteiger partial charge in [-0.1, -0.05) is 55.5 Å². The Hall–Kier alpha value is -2.35. The van der Waals surface area contributed by atoms with Crippen LogP contribution in [-0.4, -0.2) is 9.78 Å². The molecule has 0 aliphatic heterocycles. The molecule has 0 radical (unpaired) electrons. The Labute approximate surface area is 113 Å². The van der Waals surface area contributed by atoms with Gasteiger partial charge in [0, 0.05) is 11.8 Å². The molecule has 2 nitrogen and oxygen atoms in total. The van der Waals surface area contributed by atoms with E-state index in [1.54, 1.807) is 0 Å². The molecule has 0 fully saturated rings. The van der Waals surface area contributed by atoms with Crippen molar-refractivity contribution >= 4 is 0 Å². The van der Waals surface area contributed by atoms with Crippen LogP contribution in [-0.2, 0) is 6.42 Å². The maximum absolute atomic E-state index is 4.74. The zero-order chi connectivity index (χ0) is 13.1. The number of para-hydroxylation sites is 1. The smallest absolute Gasteiger partial charge is 0.0959 e. The lowest BCUT2D eigenvalue weighted by atomic mass is 10.1. The molecule has 0 N–H and O–H groups in total. The van der Waals surface area contributed by atoms with Crippen LogP contribution in [0.25, 0.3) is 16.9 Å². The molecular formula is C17H16N2. The summed E-state index contributed by atoms with van der Waals surface area (Å²) in [5.41, 5.74) is 4.62. The van der Waals surface area contributed by atoms with Crippen LogP contribution in [0.3, 0.4) is 0 Å². The van der Waals surface area contributed by atoms with Crippen LogP contribution in [0, 0.1) is 0 Å². The first-order chi connectivity index (χ1) is 9.38. The molecule has 0 unspecified atom stereocenters. The Bertz CT molecular complexity index is 654. The van der Waals surface area contributed by atoms with Crippen LogP contribution >= 0.6 is 0 Å². The Morgan fingerprint density at radius 1 is 0.895 bits per heavy atom. The second-order valence-corrected chi connectivity index (χ2v) is 4.50. The third-order valence-corrected chi connectivity index (χ3v) is 3.24. The summed E-state index contributed by atoms with van der Waals surface area (Å²) < 4.78 is 1.96. The summed E-state index contributed by atoms with van der Waals surface area (Å²) in [6.45, 7) is 2.17. The van der Waals surface area contributed by atoms with Crippen LogP contribution in [0.5, 0.6) is 0 Å². The second kappa shape index (κ2) is 5.11. The van der Waals surface area contributed by atoms with Crippen LogP contribution in [0.15, 0.2) is 66.9 Å². The highest BCUT2D eigenvalue weighted by Gasteiger charge is 2.10. The Balaban J connectivity index is 2.09. The monoisotopic (exact) mass is 248 g/mol. The molecular weight excluding hydrogens is 232 g/mol. The Morgan fingerprint density at radius 3 is 2.16 bits per heavy atom. The van der Waals surface area contributed by atoms with Gasteiger partial charge in [-0.25, -0.2) is 4.68 Å². The van der Waals surface area contributed by atoms with Crippen molar-refractivity contribution in [3.8, 4) is 16.9 Å². The molecule has 0 saturated carbocycles. The van der Waals surface area contributed by atoms with Gasteiger partial charge in [-0.15, -0.1) is 0 Å². The molecule has 94 valence electrons. The molecule has 0 spiro atoms. The van der Waals surface area contributed by atoms with Gasteiger partial charge < -0.3 is 0 Å². The molecule has 0 saturated heterocycles. The standard InChI is InChI=1S/C17H16N2/c1-2-14-13-19(16-11-7-4-8-12-16)18-17(14)15-9-5-3-6-10-15/h3-13H,2H2,1H3. The average Bonchev–Trinajstić information content (AvgIpc) is 2.93. The van der Waals surface area contributed by atoms with Crippen molar-refractivity contribution in [2.75, 3.05) is 0 Å². The highest BCUT2D eigenvalue weighted by atomic mass is 15.3. The number of hydrogen-bond acceptors (Lipinski definition) is 1. The van der Waals surface area contributed by atoms with Crippen LogP contribution in [0.4, 0.5) is 0 Å². The molecule has 3 aromatic rings. The number of aromatic nitrogens is 2. The first kappa shape index (κ1) is 11.7. The average molecular weight is 248 g/mol. The summed E-state index contributed by atoms with van der Waals surface area (Å²) in [7, 11) is 0. The molecule has 19 heavy (non-hydrogen) atoms. The maximum Gasteiger partial charge on any atom is 0.0959 e. The van der Waals surface area contributed by atoms with Gasteiger partial charge in [0.05, 0.1) is 11.4 Å². The fraction of sp³-hybridized carbons (Fsp3) is 0.118. The second-order valence-electron chi connectivity index (χ2n) is 4.50. The first-order valence-corrected chi connectivity index (χ1v) is 6.58. The van der Waals surface area contributed by atoms with Crippen molar-refractivity contribution < 1.29 is 0 Å². The Kier molecular flexibility index (Phi) is 3.15. The molecule has 3 rings (SSSR count). The third-order valence-electron chi connectivity index (χ3n) is 3.24. The molecule has 0 amide bonds. The highest BCUT2D eigenvalue weighted by Crippen LogP contribution is 2.23. The van der Waals surface area contributed by atoms with Crippen LogP contribution < -0.4 is 0 Å². The molecule has 0 bridgehead atoms. The molecule has 0 atom stereocenters. The van der Waals surface area contributed by atoms with Gasteiger partial charge in [0.1, 0.15) is 0 Å². The van der Waals surface area contributed by atoms with Crippen molar-refractivity contribution in [2.24, 2.45) is 0 Å². The van der Waals surface area contributed by atoms with Crippen molar-refractivity contribution in [1.29, 1.82) is 0 Å². The summed E-state index contributed by atoms with van der Waals surface area (Å²) in [5, 5.41) is 4.74. The first-order valence-electron chi connectivity index (χ1n) is 6.58. The molecule has 2 heteroatoms. The molecule has 0 aliphatic rings. The van der Waals surface area contributed by atoms with Gasteiger partial charge >= 0.3 is 0 Å². The predicted octanol–water partition coefficient (Wildman–Crippen LogP) is 4.10. The van der Waals surface area contributed by atoms with E-state index in [0.717, 1.165) is 17.8 Å². The SMILES string of the molecule is CCc1cn(-c2ccccc2)nc1-c1ccccc1. The summed E-state index contributed by atoms with van der Waals surface area (Å²) in [4.78, 5) is 0. The van der Waals surface area contributed by atoms with Crippen LogP contribution in [0.2, 0.25) is 0 Å². The van der Waals surface area contributed by atoms with E-state index in [1.807, 2.05) is 28.9 Å². The number of benzene rings is 2. The zero-order valence-corrected chi connectivity index (χ0v) is 11.0. The lowest BCUT2D eigenvalue weighted by molar-refractivity contribution is 0.883. The lowest BCUT2D eigenvalue weighted by Crippen LogP contribution is -1.93. The van der Waals surface area contributed by atoms with Gasteiger partial charge in [-0.2, -0.15) is 5.10 Å². The molecule has 2 aromatic carbocycles. The normalized spacial score (nSPS) is 10.6. The number of aryl methyl sites for hydroxylation is 1. The van der Waals surface area contributed by atoms with E-state index in [9.17, 15) is 0 Å². The minimum absolute atomic E-state index is 0.983.